The normalized spacial score (nSPS) is 18.7. The maximum absolute atomic E-state index is 11.2. The molecular formula is C13H23N5O2S. The van der Waals surface area contributed by atoms with Crippen LogP contribution in [0, 0.1) is 5.92 Å². The zero-order valence-electron chi connectivity index (χ0n) is 12.3. The van der Waals surface area contributed by atoms with Crippen LogP contribution in [0.3, 0.4) is 0 Å². The van der Waals surface area contributed by atoms with Crippen LogP contribution in [0.15, 0.2) is 23.2 Å². The lowest BCUT2D eigenvalue weighted by Crippen LogP contribution is -2.48. The number of anilines is 1. The van der Waals surface area contributed by atoms with E-state index in [0.717, 1.165) is 38.5 Å². The van der Waals surface area contributed by atoms with Crippen molar-refractivity contribution in [3.8, 4) is 0 Å². The number of pyridine rings is 1. The Morgan fingerprint density at radius 2 is 1.95 bits per heavy atom. The molecule has 0 aromatic carbocycles. The molecule has 0 spiro atoms. The molecule has 1 fully saturated rings. The first-order valence-electron chi connectivity index (χ1n) is 7.06. The van der Waals surface area contributed by atoms with Crippen molar-refractivity contribution in [2.24, 2.45) is 16.8 Å². The summed E-state index contributed by atoms with van der Waals surface area (Å²) in [6.45, 7) is 7.54. The minimum Gasteiger partial charge on any atom is -0.354 e. The summed E-state index contributed by atoms with van der Waals surface area (Å²) in [5.41, 5.74) is 5.65. The van der Waals surface area contributed by atoms with Crippen molar-refractivity contribution in [3.05, 3.63) is 18.3 Å². The first-order valence-corrected chi connectivity index (χ1v) is 8.61. The number of nitrogens with two attached hydrogens (primary N) is 2. The van der Waals surface area contributed by atoms with E-state index in [1.807, 2.05) is 0 Å². The van der Waals surface area contributed by atoms with Gasteiger partial charge in [-0.15, -0.1) is 0 Å². The predicted octanol–water partition coefficient (Wildman–Crippen LogP) is -0.554. The third kappa shape index (κ3) is 4.37. The lowest BCUT2D eigenvalue weighted by Gasteiger charge is -2.36. The molecule has 1 atom stereocenters. The molecule has 1 unspecified atom stereocenters. The van der Waals surface area contributed by atoms with E-state index in [9.17, 15) is 8.42 Å². The Morgan fingerprint density at radius 3 is 2.43 bits per heavy atom. The van der Waals surface area contributed by atoms with Crippen molar-refractivity contribution in [2.75, 3.05) is 44.2 Å². The van der Waals surface area contributed by atoms with Crippen LogP contribution >= 0.6 is 0 Å². The van der Waals surface area contributed by atoms with Gasteiger partial charge in [0.1, 0.15) is 10.7 Å². The van der Waals surface area contributed by atoms with Gasteiger partial charge < -0.3 is 10.6 Å². The van der Waals surface area contributed by atoms with E-state index >= 15 is 0 Å². The van der Waals surface area contributed by atoms with Gasteiger partial charge in [-0.25, -0.2) is 18.5 Å². The average Bonchev–Trinajstić information content (AvgIpc) is 2.47. The summed E-state index contributed by atoms with van der Waals surface area (Å²) in [6.07, 6.45) is 1.31. The number of sulfonamides is 1. The highest BCUT2D eigenvalue weighted by Crippen LogP contribution is 2.16. The van der Waals surface area contributed by atoms with Crippen LogP contribution in [0.5, 0.6) is 0 Å². The van der Waals surface area contributed by atoms with Gasteiger partial charge in [0.15, 0.2) is 0 Å². The number of hydrogen-bond donors (Lipinski definition) is 2. The zero-order chi connectivity index (χ0) is 15.5. The molecule has 0 amide bonds. The number of rotatable bonds is 5. The Bertz CT molecular complexity index is 552. The second-order valence-corrected chi connectivity index (χ2v) is 7.09. The van der Waals surface area contributed by atoms with Gasteiger partial charge in [0.25, 0.3) is 0 Å². The molecule has 1 aromatic rings. The van der Waals surface area contributed by atoms with E-state index < -0.39 is 10.0 Å². The van der Waals surface area contributed by atoms with Crippen molar-refractivity contribution < 1.29 is 8.42 Å². The highest BCUT2D eigenvalue weighted by molar-refractivity contribution is 7.89. The summed E-state index contributed by atoms with van der Waals surface area (Å²) >= 11 is 0. The Morgan fingerprint density at radius 1 is 1.29 bits per heavy atom. The number of aromatic nitrogens is 1. The molecular weight excluding hydrogens is 290 g/mol. The minimum absolute atomic E-state index is 0.0432. The second kappa shape index (κ2) is 6.69. The van der Waals surface area contributed by atoms with Gasteiger partial charge in [0.05, 0.1) is 0 Å². The van der Waals surface area contributed by atoms with E-state index in [1.165, 1.54) is 12.3 Å². The SMILES string of the molecule is CC(CN)CN1CCN(c2ccc(S(N)(=O)=O)cn2)CC1. The lowest BCUT2D eigenvalue weighted by atomic mass is 10.1. The van der Waals surface area contributed by atoms with Gasteiger partial charge in [-0.05, 0) is 24.6 Å². The van der Waals surface area contributed by atoms with E-state index in [4.69, 9.17) is 10.9 Å². The Hall–Kier alpha value is -1.22. The summed E-state index contributed by atoms with van der Waals surface area (Å²) in [5, 5.41) is 5.06. The molecule has 2 rings (SSSR count). The van der Waals surface area contributed by atoms with Crippen LogP contribution in [0.25, 0.3) is 0 Å². The minimum atomic E-state index is -3.68. The van der Waals surface area contributed by atoms with Crippen molar-refractivity contribution in [1.82, 2.24) is 9.88 Å². The van der Waals surface area contributed by atoms with Crippen LogP contribution in [0.4, 0.5) is 5.82 Å². The summed E-state index contributed by atoms with van der Waals surface area (Å²) < 4.78 is 22.4. The molecule has 1 aromatic heterocycles. The smallest absolute Gasteiger partial charge is 0.239 e. The number of hydrogen-bond acceptors (Lipinski definition) is 6. The predicted molar refractivity (Wildman–Crippen MR) is 82.5 cm³/mol. The third-order valence-corrected chi connectivity index (χ3v) is 4.62. The van der Waals surface area contributed by atoms with E-state index in [-0.39, 0.29) is 4.90 Å². The Kier molecular flexibility index (Phi) is 5.15. The van der Waals surface area contributed by atoms with Crippen LogP contribution in [0.1, 0.15) is 6.92 Å². The summed E-state index contributed by atoms with van der Waals surface area (Å²) in [4.78, 5) is 8.79. The second-order valence-electron chi connectivity index (χ2n) is 5.53. The van der Waals surface area contributed by atoms with E-state index in [1.54, 1.807) is 6.07 Å². The Balaban J connectivity index is 1.93. The molecule has 4 N–H and O–H groups in total. The van der Waals surface area contributed by atoms with Crippen LogP contribution in [-0.2, 0) is 10.0 Å². The van der Waals surface area contributed by atoms with Crippen LogP contribution in [0.2, 0.25) is 0 Å². The molecule has 118 valence electrons. The molecule has 8 heteroatoms. The van der Waals surface area contributed by atoms with Crippen molar-refractivity contribution in [3.63, 3.8) is 0 Å². The van der Waals surface area contributed by atoms with Crippen LogP contribution in [-0.4, -0.2) is 57.6 Å². The van der Waals surface area contributed by atoms with E-state index in [0.29, 0.717) is 12.5 Å². The quantitative estimate of drug-likeness (QED) is 0.755. The standard InChI is InChI=1S/C13H23N5O2S/c1-11(8-14)10-17-4-6-18(7-5-17)13-3-2-12(9-16-13)21(15,19)20/h2-3,9,11H,4-8,10,14H2,1H3,(H2,15,19,20). The third-order valence-electron chi connectivity index (χ3n) is 3.72. The summed E-state index contributed by atoms with van der Waals surface area (Å²) in [7, 11) is -3.68. The molecule has 1 aliphatic rings. The van der Waals surface area contributed by atoms with Gasteiger partial charge in [-0.2, -0.15) is 0 Å². The number of nitrogens with zero attached hydrogens (tertiary/aromatic N) is 3. The number of primary sulfonamides is 1. The molecule has 0 saturated carbocycles. The number of piperazine rings is 1. The highest BCUT2D eigenvalue weighted by Gasteiger charge is 2.19. The van der Waals surface area contributed by atoms with Gasteiger partial charge >= 0.3 is 0 Å². The molecule has 21 heavy (non-hydrogen) atoms. The fourth-order valence-electron chi connectivity index (χ4n) is 2.40. The maximum Gasteiger partial charge on any atom is 0.239 e. The molecule has 1 saturated heterocycles. The van der Waals surface area contributed by atoms with Gasteiger partial charge in [0.2, 0.25) is 10.0 Å². The van der Waals surface area contributed by atoms with Gasteiger partial charge in [0, 0.05) is 38.9 Å². The first-order chi connectivity index (χ1) is 9.90. The summed E-state index contributed by atoms with van der Waals surface area (Å²) in [5.74, 6) is 1.29. The van der Waals surface area contributed by atoms with Crippen molar-refractivity contribution in [1.29, 1.82) is 0 Å². The fraction of sp³-hybridized carbons (Fsp3) is 0.615. The first kappa shape index (κ1) is 16.2. The monoisotopic (exact) mass is 313 g/mol. The van der Waals surface area contributed by atoms with E-state index in [2.05, 4.69) is 21.7 Å². The zero-order valence-corrected chi connectivity index (χ0v) is 13.1. The van der Waals surface area contributed by atoms with Crippen LogP contribution < -0.4 is 15.8 Å². The lowest BCUT2D eigenvalue weighted by molar-refractivity contribution is 0.227. The van der Waals surface area contributed by atoms with Crippen molar-refractivity contribution in [2.45, 2.75) is 11.8 Å². The molecule has 0 bridgehead atoms. The largest absolute Gasteiger partial charge is 0.354 e. The average molecular weight is 313 g/mol. The Labute approximate surface area is 126 Å². The summed E-state index contributed by atoms with van der Waals surface area (Å²) in [6, 6.07) is 3.21. The molecule has 0 radical (unpaired) electrons. The fourth-order valence-corrected chi connectivity index (χ4v) is 2.86. The molecule has 7 nitrogen and oxygen atoms in total. The molecule has 1 aliphatic heterocycles. The highest BCUT2D eigenvalue weighted by atomic mass is 32.2. The maximum atomic E-state index is 11.2. The van der Waals surface area contributed by atoms with Gasteiger partial charge in [-0.3, -0.25) is 4.90 Å². The van der Waals surface area contributed by atoms with Crippen molar-refractivity contribution >= 4 is 15.8 Å². The topological polar surface area (TPSA) is 106 Å². The molecule has 0 aliphatic carbocycles. The molecule has 2 heterocycles. The van der Waals surface area contributed by atoms with Gasteiger partial charge in [-0.1, -0.05) is 6.92 Å².